The number of rotatable bonds is 4. The van der Waals surface area contributed by atoms with Crippen LogP contribution in [0.1, 0.15) is 50.4 Å². The predicted molar refractivity (Wildman–Crippen MR) is 86.0 cm³/mol. The largest absolute Gasteiger partial charge is 0.368 e. The maximum Gasteiger partial charge on any atom is 0.147 e. The lowest BCUT2D eigenvalue weighted by Crippen LogP contribution is -2.31. The summed E-state index contributed by atoms with van der Waals surface area (Å²) >= 11 is 0. The molecule has 1 aromatic carbocycles. The molecule has 3 heteroatoms. The van der Waals surface area contributed by atoms with Crippen LogP contribution in [0.5, 0.6) is 0 Å². The van der Waals surface area contributed by atoms with Gasteiger partial charge in [-0.15, -0.1) is 0 Å². The third-order valence-corrected chi connectivity index (χ3v) is 5.23. The van der Waals surface area contributed by atoms with Crippen molar-refractivity contribution in [1.82, 2.24) is 5.16 Å². The Bertz CT molecular complexity index is 630. The summed E-state index contributed by atoms with van der Waals surface area (Å²) in [6, 6.07) is 8.76. The van der Waals surface area contributed by atoms with E-state index in [9.17, 15) is 0 Å². The highest BCUT2D eigenvalue weighted by molar-refractivity contribution is 5.55. The molecule has 1 aromatic heterocycles. The van der Waals surface area contributed by atoms with Gasteiger partial charge < -0.3 is 9.42 Å². The van der Waals surface area contributed by atoms with E-state index in [1.165, 1.54) is 11.1 Å². The molecule has 0 N–H and O–H groups in total. The first kappa shape index (κ1) is 14.2. The molecule has 21 heavy (non-hydrogen) atoms. The molecule has 0 saturated heterocycles. The topological polar surface area (TPSA) is 29.3 Å². The second kappa shape index (κ2) is 5.21. The fourth-order valence-electron chi connectivity index (χ4n) is 3.72. The van der Waals surface area contributed by atoms with Crippen LogP contribution in [0.15, 0.2) is 35.1 Å². The summed E-state index contributed by atoms with van der Waals surface area (Å²) in [6.07, 6.45) is 2.84. The standard InChI is InChI=1S/C18H24N2O/c1-5-20(6-2)16-12-21-19-17(16)18(4)11-14-9-7-8-10-15(14)13(18)3/h7-10,12-13H,5-6,11H2,1-4H3. The van der Waals surface area contributed by atoms with Crippen molar-refractivity contribution in [3.8, 4) is 0 Å². The van der Waals surface area contributed by atoms with Crippen LogP contribution in [0.4, 0.5) is 5.69 Å². The number of fused-ring (bicyclic) bond motifs is 1. The molecule has 2 atom stereocenters. The van der Waals surface area contributed by atoms with E-state index in [1.54, 1.807) is 0 Å². The van der Waals surface area contributed by atoms with Gasteiger partial charge in [-0.2, -0.15) is 0 Å². The first-order valence-corrected chi connectivity index (χ1v) is 7.89. The maximum absolute atomic E-state index is 5.36. The molecule has 112 valence electrons. The first-order valence-electron chi connectivity index (χ1n) is 7.89. The van der Waals surface area contributed by atoms with E-state index in [-0.39, 0.29) is 5.41 Å². The molecular formula is C18H24N2O. The Balaban J connectivity index is 2.04. The summed E-state index contributed by atoms with van der Waals surface area (Å²) in [5.41, 5.74) is 5.17. The quantitative estimate of drug-likeness (QED) is 0.845. The fourth-order valence-corrected chi connectivity index (χ4v) is 3.72. The van der Waals surface area contributed by atoms with Gasteiger partial charge in [0, 0.05) is 18.5 Å². The van der Waals surface area contributed by atoms with Crippen molar-refractivity contribution >= 4 is 5.69 Å². The highest BCUT2D eigenvalue weighted by Gasteiger charge is 2.44. The molecule has 2 aromatic rings. The monoisotopic (exact) mass is 284 g/mol. The Morgan fingerprint density at radius 1 is 1.29 bits per heavy atom. The van der Waals surface area contributed by atoms with E-state index in [2.05, 4.69) is 62.0 Å². The van der Waals surface area contributed by atoms with E-state index >= 15 is 0 Å². The Labute approximate surface area is 126 Å². The molecule has 0 amide bonds. The van der Waals surface area contributed by atoms with E-state index in [0.717, 1.165) is 30.9 Å². The van der Waals surface area contributed by atoms with E-state index in [0.29, 0.717) is 5.92 Å². The van der Waals surface area contributed by atoms with Gasteiger partial charge in [0.05, 0.1) is 0 Å². The molecule has 1 heterocycles. The molecule has 3 nitrogen and oxygen atoms in total. The number of anilines is 1. The maximum atomic E-state index is 5.36. The van der Waals surface area contributed by atoms with Gasteiger partial charge in [0.15, 0.2) is 0 Å². The number of benzene rings is 1. The molecule has 2 unspecified atom stereocenters. The number of hydrogen-bond donors (Lipinski definition) is 0. The molecule has 0 bridgehead atoms. The highest BCUT2D eigenvalue weighted by atomic mass is 16.5. The fraction of sp³-hybridized carbons (Fsp3) is 0.500. The number of aromatic nitrogens is 1. The second-order valence-corrected chi connectivity index (χ2v) is 6.24. The van der Waals surface area contributed by atoms with Crippen LogP contribution in [-0.4, -0.2) is 18.2 Å². The van der Waals surface area contributed by atoms with Gasteiger partial charge in [-0.3, -0.25) is 0 Å². The summed E-state index contributed by atoms with van der Waals surface area (Å²) in [5, 5.41) is 4.40. The van der Waals surface area contributed by atoms with Crippen LogP contribution in [0.2, 0.25) is 0 Å². The summed E-state index contributed by atoms with van der Waals surface area (Å²) in [7, 11) is 0. The van der Waals surface area contributed by atoms with Gasteiger partial charge in [-0.1, -0.05) is 43.3 Å². The average molecular weight is 284 g/mol. The van der Waals surface area contributed by atoms with Crippen molar-refractivity contribution in [2.75, 3.05) is 18.0 Å². The van der Waals surface area contributed by atoms with Crippen molar-refractivity contribution in [2.24, 2.45) is 0 Å². The van der Waals surface area contributed by atoms with Crippen molar-refractivity contribution in [3.05, 3.63) is 47.3 Å². The predicted octanol–water partition coefficient (Wildman–Crippen LogP) is 4.14. The third-order valence-electron chi connectivity index (χ3n) is 5.23. The summed E-state index contributed by atoms with van der Waals surface area (Å²) in [5.74, 6) is 0.452. The van der Waals surface area contributed by atoms with Gasteiger partial charge in [0.1, 0.15) is 17.6 Å². The number of hydrogen-bond acceptors (Lipinski definition) is 3. The molecule has 0 radical (unpaired) electrons. The Hall–Kier alpha value is -1.77. The van der Waals surface area contributed by atoms with Gasteiger partial charge in [0.25, 0.3) is 0 Å². The zero-order chi connectivity index (χ0) is 15.0. The molecule has 0 fully saturated rings. The molecule has 1 aliphatic rings. The van der Waals surface area contributed by atoms with Crippen molar-refractivity contribution in [1.29, 1.82) is 0 Å². The van der Waals surface area contributed by atoms with E-state index in [1.807, 2.05) is 6.26 Å². The second-order valence-electron chi connectivity index (χ2n) is 6.24. The van der Waals surface area contributed by atoms with Crippen LogP contribution in [0.25, 0.3) is 0 Å². The Kier molecular flexibility index (Phi) is 3.52. The van der Waals surface area contributed by atoms with Crippen molar-refractivity contribution in [2.45, 2.75) is 45.4 Å². The van der Waals surface area contributed by atoms with Gasteiger partial charge in [-0.25, -0.2) is 0 Å². The average Bonchev–Trinajstić information content (AvgIpc) is 3.07. The SMILES string of the molecule is CCN(CC)c1conc1C1(C)Cc2ccccc2C1C. The lowest BCUT2D eigenvalue weighted by atomic mass is 9.75. The van der Waals surface area contributed by atoms with Crippen LogP contribution < -0.4 is 4.90 Å². The molecule has 0 saturated carbocycles. The van der Waals surface area contributed by atoms with Crippen LogP contribution in [0.3, 0.4) is 0 Å². The molecule has 0 aliphatic heterocycles. The first-order chi connectivity index (χ1) is 10.1. The Morgan fingerprint density at radius 2 is 2.00 bits per heavy atom. The van der Waals surface area contributed by atoms with Crippen LogP contribution in [-0.2, 0) is 11.8 Å². The lowest BCUT2D eigenvalue weighted by Gasteiger charge is -2.31. The summed E-state index contributed by atoms with van der Waals surface area (Å²) < 4.78 is 5.36. The lowest BCUT2D eigenvalue weighted by molar-refractivity contribution is 0.357. The van der Waals surface area contributed by atoms with Gasteiger partial charge >= 0.3 is 0 Å². The minimum atomic E-state index is 0.00854. The number of nitrogens with zero attached hydrogens (tertiary/aromatic N) is 2. The van der Waals surface area contributed by atoms with Crippen molar-refractivity contribution < 1.29 is 4.52 Å². The normalized spacial score (nSPS) is 24.1. The zero-order valence-corrected chi connectivity index (χ0v) is 13.4. The minimum absolute atomic E-state index is 0.00854. The molecule has 3 rings (SSSR count). The van der Waals surface area contributed by atoms with Crippen LogP contribution in [0, 0.1) is 0 Å². The summed E-state index contributed by atoms with van der Waals surface area (Å²) in [4.78, 5) is 2.33. The molecule has 1 aliphatic carbocycles. The minimum Gasteiger partial charge on any atom is -0.368 e. The third kappa shape index (κ3) is 2.06. The zero-order valence-electron chi connectivity index (χ0n) is 13.4. The molecular weight excluding hydrogens is 260 g/mol. The molecule has 0 spiro atoms. The Morgan fingerprint density at radius 3 is 2.67 bits per heavy atom. The van der Waals surface area contributed by atoms with Gasteiger partial charge in [0.2, 0.25) is 0 Å². The van der Waals surface area contributed by atoms with Gasteiger partial charge in [-0.05, 0) is 37.3 Å². The smallest absolute Gasteiger partial charge is 0.147 e. The highest BCUT2D eigenvalue weighted by Crippen LogP contribution is 2.50. The summed E-state index contributed by atoms with van der Waals surface area (Å²) in [6.45, 7) is 10.9. The van der Waals surface area contributed by atoms with E-state index in [4.69, 9.17) is 4.52 Å². The van der Waals surface area contributed by atoms with Crippen molar-refractivity contribution in [3.63, 3.8) is 0 Å². The van der Waals surface area contributed by atoms with Crippen LogP contribution >= 0.6 is 0 Å². The van der Waals surface area contributed by atoms with E-state index < -0.39 is 0 Å².